The number of carbonyl (C=O) groups excluding carboxylic acids is 1. The summed E-state index contributed by atoms with van der Waals surface area (Å²) in [5.41, 5.74) is 2.63. The highest BCUT2D eigenvalue weighted by Crippen LogP contribution is 2.29. The van der Waals surface area contributed by atoms with Crippen LogP contribution in [0.1, 0.15) is 22.3 Å². The predicted octanol–water partition coefficient (Wildman–Crippen LogP) is 2.74. The summed E-state index contributed by atoms with van der Waals surface area (Å²) < 4.78 is 5.91. The molecule has 6 heteroatoms. The molecule has 5 nitrogen and oxygen atoms in total. The first kappa shape index (κ1) is 16.7. The van der Waals surface area contributed by atoms with Gasteiger partial charge in [-0.2, -0.15) is 0 Å². The van der Waals surface area contributed by atoms with Crippen molar-refractivity contribution in [1.82, 2.24) is 4.98 Å². The van der Waals surface area contributed by atoms with Gasteiger partial charge in [-0.15, -0.1) is 0 Å². The first-order valence-corrected chi connectivity index (χ1v) is 8.30. The summed E-state index contributed by atoms with van der Waals surface area (Å²) >= 11 is 6.09. The molecule has 1 fully saturated rings. The molecule has 1 unspecified atom stereocenters. The van der Waals surface area contributed by atoms with E-state index in [-0.39, 0.29) is 12.7 Å². The van der Waals surface area contributed by atoms with Crippen molar-refractivity contribution in [3.63, 3.8) is 0 Å². The van der Waals surface area contributed by atoms with E-state index in [4.69, 9.17) is 16.3 Å². The Morgan fingerprint density at radius 3 is 3.04 bits per heavy atom. The molecule has 2 aromatic rings. The monoisotopic (exact) mass is 346 g/mol. The summed E-state index contributed by atoms with van der Waals surface area (Å²) in [6.07, 6.45) is 3.87. The van der Waals surface area contributed by atoms with Crippen molar-refractivity contribution in [2.75, 3.05) is 24.6 Å². The third-order valence-electron chi connectivity index (χ3n) is 4.11. The number of aromatic nitrogens is 1. The van der Waals surface area contributed by atoms with Crippen LogP contribution in [0.25, 0.3) is 0 Å². The first-order valence-electron chi connectivity index (χ1n) is 7.92. The Hall–Kier alpha value is -2.11. The lowest BCUT2D eigenvalue weighted by molar-refractivity contribution is 0.112. The molecule has 24 heavy (non-hydrogen) atoms. The number of nitrogens with zero attached hydrogens (tertiary/aromatic N) is 2. The van der Waals surface area contributed by atoms with Gasteiger partial charge in [-0.3, -0.25) is 4.79 Å². The maximum atomic E-state index is 11.0. The van der Waals surface area contributed by atoms with Crippen molar-refractivity contribution in [1.29, 1.82) is 0 Å². The molecule has 0 aliphatic carbocycles. The van der Waals surface area contributed by atoms with E-state index >= 15 is 0 Å². The maximum absolute atomic E-state index is 11.0. The van der Waals surface area contributed by atoms with Crippen LogP contribution in [0.5, 0.6) is 5.88 Å². The largest absolute Gasteiger partial charge is 0.471 e. The molecule has 0 bridgehead atoms. The zero-order valence-electron chi connectivity index (χ0n) is 13.2. The smallest absolute Gasteiger partial charge is 0.232 e. The fraction of sp³-hybridized carbons (Fsp3) is 0.333. The van der Waals surface area contributed by atoms with Crippen LogP contribution in [-0.2, 0) is 6.42 Å². The Labute approximate surface area is 145 Å². The number of aliphatic hydroxyl groups excluding tert-OH is 1. The number of aldehydes is 1. The SMILES string of the molecule is O=Cc1ccc(N2CCC(Oc3ncccc3Cl)C2)c(CCO)c1. The van der Waals surface area contributed by atoms with Crippen LogP contribution in [0.4, 0.5) is 5.69 Å². The quantitative estimate of drug-likeness (QED) is 0.815. The highest BCUT2D eigenvalue weighted by molar-refractivity contribution is 6.31. The zero-order chi connectivity index (χ0) is 16.9. The van der Waals surface area contributed by atoms with Crippen LogP contribution in [0, 0.1) is 0 Å². The Morgan fingerprint density at radius 2 is 2.29 bits per heavy atom. The number of carbonyl (C=O) groups is 1. The van der Waals surface area contributed by atoms with Crippen LogP contribution in [0.3, 0.4) is 0 Å². The maximum Gasteiger partial charge on any atom is 0.232 e. The van der Waals surface area contributed by atoms with Crippen LogP contribution >= 0.6 is 11.6 Å². The number of benzene rings is 1. The lowest BCUT2D eigenvalue weighted by Crippen LogP contribution is -2.25. The third kappa shape index (κ3) is 3.68. The molecule has 0 saturated carbocycles. The molecule has 0 radical (unpaired) electrons. The van der Waals surface area contributed by atoms with E-state index in [1.807, 2.05) is 12.1 Å². The summed E-state index contributed by atoms with van der Waals surface area (Å²) in [5, 5.41) is 9.78. The van der Waals surface area contributed by atoms with E-state index in [9.17, 15) is 9.90 Å². The van der Waals surface area contributed by atoms with Gasteiger partial charge in [0.15, 0.2) is 0 Å². The molecule has 3 rings (SSSR count). The van der Waals surface area contributed by atoms with Gasteiger partial charge in [0.1, 0.15) is 17.4 Å². The summed E-state index contributed by atoms with van der Waals surface area (Å²) in [6.45, 7) is 1.60. The molecule has 1 aliphatic rings. The van der Waals surface area contributed by atoms with Gasteiger partial charge in [-0.1, -0.05) is 11.6 Å². The van der Waals surface area contributed by atoms with Gasteiger partial charge in [0.2, 0.25) is 5.88 Å². The molecule has 2 heterocycles. The highest BCUT2D eigenvalue weighted by Gasteiger charge is 2.26. The summed E-state index contributed by atoms with van der Waals surface area (Å²) in [7, 11) is 0. The Balaban J connectivity index is 1.73. The average molecular weight is 347 g/mol. The van der Waals surface area contributed by atoms with Gasteiger partial charge >= 0.3 is 0 Å². The number of pyridine rings is 1. The lowest BCUT2D eigenvalue weighted by Gasteiger charge is -2.22. The number of halogens is 1. The number of aliphatic hydroxyl groups is 1. The van der Waals surface area contributed by atoms with Gasteiger partial charge in [-0.05, 0) is 42.3 Å². The Morgan fingerprint density at radius 1 is 1.42 bits per heavy atom. The number of anilines is 1. The molecule has 1 aromatic heterocycles. The summed E-state index contributed by atoms with van der Waals surface area (Å²) in [6, 6.07) is 9.10. The molecule has 1 N–H and O–H groups in total. The molecule has 1 atom stereocenters. The standard InChI is InChI=1S/C18H19ClN2O3/c19-16-2-1-7-20-18(16)24-15-5-8-21(11-15)17-4-3-13(12-23)10-14(17)6-9-22/h1-4,7,10,12,15,22H,5-6,8-9,11H2. The molecule has 0 amide bonds. The van der Waals surface area contributed by atoms with Crippen molar-refractivity contribution in [3.05, 3.63) is 52.7 Å². The lowest BCUT2D eigenvalue weighted by atomic mass is 10.1. The average Bonchev–Trinajstić information content (AvgIpc) is 3.05. The Kier molecular flexibility index (Phi) is 5.33. The fourth-order valence-electron chi connectivity index (χ4n) is 2.97. The molecular weight excluding hydrogens is 328 g/mol. The molecule has 126 valence electrons. The summed E-state index contributed by atoms with van der Waals surface area (Å²) in [5.74, 6) is 0.456. The van der Waals surface area contributed by atoms with Crippen LogP contribution < -0.4 is 9.64 Å². The molecule has 1 aromatic carbocycles. The first-order chi connectivity index (χ1) is 11.7. The minimum absolute atomic E-state index is 0.00474. The van der Waals surface area contributed by atoms with Crippen molar-refractivity contribution < 1.29 is 14.6 Å². The van der Waals surface area contributed by atoms with Crippen LogP contribution in [0.15, 0.2) is 36.5 Å². The topological polar surface area (TPSA) is 62.7 Å². The molecule has 1 aliphatic heterocycles. The van der Waals surface area contributed by atoms with Crippen molar-refractivity contribution in [2.24, 2.45) is 0 Å². The zero-order valence-corrected chi connectivity index (χ0v) is 13.9. The normalized spacial score (nSPS) is 17.1. The van der Waals surface area contributed by atoms with Gasteiger partial charge in [0.05, 0.1) is 6.54 Å². The molecule has 0 spiro atoms. The van der Waals surface area contributed by atoms with Crippen LogP contribution in [-0.4, -0.2) is 42.2 Å². The van der Waals surface area contributed by atoms with Gasteiger partial charge in [-0.25, -0.2) is 4.98 Å². The minimum Gasteiger partial charge on any atom is -0.471 e. The second-order valence-corrected chi connectivity index (χ2v) is 6.15. The summed E-state index contributed by atoms with van der Waals surface area (Å²) in [4.78, 5) is 17.3. The van der Waals surface area contributed by atoms with Gasteiger partial charge in [0, 0.05) is 37.0 Å². The number of rotatable bonds is 6. The number of hydrogen-bond acceptors (Lipinski definition) is 5. The van der Waals surface area contributed by atoms with E-state index in [1.54, 1.807) is 24.4 Å². The van der Waals surface area contributed by atoms with Gasteiger partial charge < -0.3 is 14.7 Å². The van der Waals surface area contributed by atoms with E-state index in [0.717, 1.165) is 30.5 Å². The second kappa shape index (κ2) is 7.64. The van der Waals surface area contributed by atoms with Crippen molar-refractivity contribution in [2.45, 2.75) is 18.9 Å². The van der Waals surface area contributed by atoms with E-state index in [0.29, 0.717) is 29.4 Å². The predicted molar refractivity (Wildman–Crippen MR) is 93.1 cm³/mol. The Bertz CT molecular complexity index is 723. The van der Waals surface area contributed by atoms with Crippen LogP contribution in [0.2, 0.25) is 5.02 Å². The molecule has 1 saturated heterocycles. The van der Waals surface area contributed by atoms with Crippen molar-refractivity contribution in [3.8, 4) is 5.88 Å². The highest BCUT2D eigenvalue weighted by atomic mass is 35.5. The number of hydrogen-bond donors (Lipinski definition) is 1. The second-order valence-electron chi connectivity index (χ2n) is 5.74. The minimum atomic E-state index is 0.00474. The van der Waals surface area contributed by atoms with Crippen molar-refractivity contribution >= 4 is 23.6 Å². The fourth-order valence-corrected chi connectivity index (χ4v) is 3.13. The number of ether oxygens (including phenoxy) is 1. The van der Waals surface area contributed by atoms with E-state index in [2.05, 4.69) is 9.88 Å². The third-order valence-corrected chi connectivity index (χ3v) is 4.40. The van der Waals surface area contributed by atoms with Gasteiger partial charge in [0.25, 0.3) is 0 Å². The molecular formula is C18H19ClN2O3. The van der Waals surface area contributed by atoms with E-state index < -0.39 is 0 Å². The van der Waals surface area contributed by atoms with E-state index in [1.165, 1.54) is 0 Å².